The molecule has 2 N–H and O–H groups in total. The average molecular weight is 255 g/mol. The fourth-order valence-electron chi connectivity index (χ4n) is 1.48. The van der Waals surface area contributed by atoms with E-state index in [1.807, 2.05) is 0 Å². The van der Waals surface area contributed by atoms with Crippen LogP contribution in [0.3, 0.4) is 0 Å². The molecule has 1 aliphatic carbocycles. The number of rotatable bonds is 4. The van der Waals surface area contributed by atoms with E-state index in [4.69, 9.17) is 16.7 Å². The van der Waals surface area contributed by atoms with E-state index in [0.717, 1.165) is 0 Å². The summed E-state index contributed by atoms with van der Waals surface area (Å²) in [5.74, 6) is -1.19. The van der Waals surface area contributed by atoms with Gasteiger partial charge in [0, 0.05) is 12.7 Å². The van der Waals surface area contributed by atoms with E-state index in [0.29, 0.717) is 23.6 Å². The maximum atomic E-state index is 11.7. The summed E-state index contributed by atoms with van der Waals surface area (Å²) in [7, 11) is 0. The summed E-state index contributed by atoms with van der Waals surface area (Å²) < 4.78 is 0. The van der Waals surface area contributed by atoms with Gasteiger partial charge in [-0.15, -0.1) is 0 Å². The highest BCUT2D eigenvalue weighted by Crippen LogP contribution is 2.45. The molecular formula is C11H11ClN2O3. The zero-order chi connectivity index (χ0) is 12.5. The molecule has 1 aliphatic rings. The van der Waals surface area contributed by atoms with Gasteiger partial charge in [-0.3, -0.25) is 9.59 Å². The van der Waals surface area contributed by atoms with E-state index < -0.39 is 11.4 Å². The zero-order valence-electron chi connectivity index (χ0n) is 8.94. The molecule has 17 heavy (non-hydrogen) atoms. The molecule has 0 saturated heterocycles. The summed E-state index contributed by atoms with van der Waals surface area (Å²) in [6.07, 6.45) is 2.58. The average Bonchev–Trinajstić information content (AvgIpc) is 3.08. The molecule has 0 atom stereocenters. The van der Waals surface area contributed by atoms with Gasteiger partial charge < -0.3 is 10.4 Å². The van der Waals surface area contributed by atoms with Crippen LogP contribution in [0.5, 0.6) is 0 Å². The molecule has 1 aromatic heterocycles. The van der Waals surface area contributed by atoms with Crippen molar-refractivity contribution in [2.24, 2.45) is 5.41 Å². The SMILES string of the molecule is O=C(NCC1(C(=O)O)CC1)c1ccc(Cl)nc1. The van der Waals surface area contributed by atoms with E-state index in [2.05, 4.69) is 10.3 Å². The van der Waals surface area contributed by atoms with Crippen LogP contribution in [0, 0.1) is 5.41 Å². The van der Waals surface area contributed by atoms with Crippen LogP contribution in [0.25, 0.3) is 0 Å². The van der Waals surface area contributed by atoms with Gasteiger partial charge in [-0.2, -0.15) is 0 Å². The van der Waals surface area contributed by atoms with Crippen LogP contribution >= 0.6 is 11.6 Å². The van der Waals surface area contributed by atoms with Gasteiger partial charge in [0.15, 0.2) is 0 Å². The number of amides is 1. The summed E-state index contributed by atoms with van der Waals surface area (Å²) in [6.45, 7) is 0.157. The molecule has 2 rings (SSSR count). The lowest BCUT2D eigenvalue weighted by atomic mass is 10.1. The first-order chi connectivity index (χ1) is 8.03. The predicted octanol–water partition coefficient (Wildman–Crippen LogP) is 1.33. The number of nitrogens with zero attached hydrogens (tertiary/aromatic N) is 1. The smallest absolute Gasteiger partial charge is 0.311 e. The molecule has 5 nitrogen and oxygen atoms in total. The molecule has 1 saturated carbocycles. The van der Waals surface area contributed by atoms with Crippen LogP contribution in [-0.4, -0.2) is 28.5 Å². The predicted molar refractivity (Wildman–Crippen MR) is 60.9 cm³/mol. The maximum absolute atomic E-state index is 11.7. The number of nitrogens with one attached hydrogen (secondary N) is 1. The second kappa shape index (κ2) is 4.33. The molecule has 0 unspecified atom stereocenters. The Kier molecular flexibility index (Phi) is 3.02. The molecule has 0 aromatic carbocycles. The van der Waals surface area contributed by atoms with Gasteiger partial charge in [0.2, 0.25) is 0 Å². The fourth-order valence-corrected chi connectivity index (χ4v) is 1.59. The van der Waals surface area contributed by atoms with Crippen LogP contribution in [0.4, 0.5) is 0 Å². The van der Waals surface area contributed by atoms with Gasteiger partial charge in [0.05, 0.1) is 11.0 Å². The van der Waals surface area contributed by atoms with Crippen molar-refractivity contribution in [2.75, 3.05) is 6.54 Å². The number of carboxylic acid groups (broad SMARTS) is 1. The summed E-state index contributed by atoms with van der Waals surface area (Å²) >= 11 is 5.60. The minimum absolute atomic E-state index is 0.157. The van der Waals surface area contributed by atoms with E-state index in [-0.39, 0.29) is 12.5 Å². The highest BCUT2D eigenvalue weighted by molar-refractivity contribution is 6.29. The highest BCUT2D eigenvalue weighted by atomic mass is 35.5. The first-order valence-electron chi connectivity index (χ1n) is 5.17. The molecule has 90 valence electrons. The monoisotopic (exact) mass is 254 g/mol. The lowest BCUT2D eigenvalue weighted by molar-refractivity contribution is -0.143. The van der Waals surface area contributed by atoms with Crippen LogP contribution in [0.15, 0.2) is 18.3 Å². The Bertz CT molecular complexity index is 454. The summed E-state index contributed by atoms with van der Waals surface area (Å²) in [5, 5.41) is 11.9. The normalized spacial score (nSPS) is 16.3. The van der Waals surface area contributed by atoms with Crippen molar-refractivity contribution in [1.82, 2.24) is 10.3 Å². The number of carboxylic acids is 1. The van der Waals surface area contributed by atoms with Gasteiger partial charge >= 0.3 is 5.97 Å². The second-order valence-electron chi connectivity index (χ2n) is 4.14. The quantitative estimate of drug-likeness (QED) is 0.795. The van der Waals surface area contributed by atoms with Crippen molar-refractivity contribution in [3.63, 3.8) is 0 Å². The Balaban J connectivity index is 1.94. The number of halogens is 1. The van der Waals surface area contributed by atoms with Crippen LogP contribution < -0.4 is 5.32 Å². The number of hydrogen-bond donors (Lipinski definition) is 2. The number of aliphatic carboxylic acids is 1. The largest absolute Gasteiger partial charge is 0.481 e. The third-order valence-corrected chi connectivity index (χ3v) is 3.11. The van der Waals surface area contributed by atoms with Crippen molar-refractivity contribution in [3.05, 3.63) is 29.0 Å². The first-order valence-corrected chi connectivity index (χ1v) is 5.54. The van der Waals surface area contributed by atoms with Gasteiger partial charge in [-0.1, -0.05) is 11.6 Å². The topological polar surface area (TPSA) is 79.3 Å². The Morgan fingerprint density at radius 3 is 2.65 bits per heavy atom. The number of pyridine rings is 1. The van der Waals surface area contributed by atoms with Gasteiger partial charge in [0.1, 0.15) is 5.15 Å². The van der Waals surface area contributed by atoms with Crippen molar-refractivity contribution < 1.29 is 14.7 Å². The third kappa shape index (κ3) is 2.55. The number of carbonyl (C=O) groups is 2. The number of carbonyl (C=O) groups excluding carboxylic acids is 1. The minimum atomic E-state index is -0.855. The lowest BCUT2D eigenvalue weighted by Crippen LogP contribution is -2.34. The molecule has 0 aliphatic heterocycles. The molecule has 0 spiro atoms. The molecule has 0 bridgehead atoms. The van der Waals surface area contributed by atoms with Gasteiger partial charge in [0.25, 0.3) is 5.91 Å². The van der Waals surface area contributed by atoms with Crippen molar-refractivity contribution in [3.8, 4) is 0 Å². The van der Waals surface area contributed by atoms with E-state index in [9.17, 15) is 9.59 Å². The Morgan fingerprint density at radius 1 is 1.47 bits per heavy atom. The fraction of sp³-hybridized carbons (Fsp3) is 0.364. The van der Waals surface area contributed by atoms with Gasteiger partial charge in [-0.25, -0.2) is 4.98 Å². The molecule has 1 aromatic rings. The second-order valence-corrected chi connectivity index (χ2v) is 4.53. The summed E-state index contributed by atoms with van der Waals surface area (Å²) in [5.41, 5.74) is -0.384. The van der Waals surface area contributed by atoms with E-state index >= 15 is 0 Å². The maximum Gasteiger partial charge on any atom is 0.311 e. The molecule has 1 heterocycles. The number of hydrogen-bond acceptors (Lipinski definition) is 3. The van der Waals surface area contributed by atoms with Crippen LogP contribution in [0.1, 0.15) is 23.2 Å². The Labute approximate surface area is 103 Å². The lowest BCUT2D eigenvalue weighted by Gasteiger charge is -2.10. The number of aromatic nitrogens is 1. The molecule has 0 radical (unpaired) electrons. The van der Waals surface area contributed by atoms with Crippen LogP contribution in [0.2, 0.25) is 5.15 Å². The first kappa shape index (κ1) is 11.9. The minimum Gasteiger partial charge on any atom is -0.481 e. The van der Waals surface area contributed by atoms with Crippen LogP contribution in [-0.2, 0) is 4.79 Å². The standard InChI is InChI=1S/C11H11ClN2O3/c12-8-2-1-7(5-13-8)9(15)14-6-11(3-4-11)10(16)17/h1-2,5H,3-4,6H2,(H,14,15)(H,16,17). The Hall–Kier alpha value is -1.62. The van der Waals surface area contributed by atoms with Crippen molar-refractivity contribution >= 4 is 23.5 Å². The van der Waals surface area contributed by atoms with E-state index in [1.54, 1.807) is 6.07 Å². The molecule has 1 fully saturated rings. The van der Waals surface area contributed by atoms with Crippen molar-refractivity contribution in [1.29, 1.82) is 0 Å². The molecule has 6 heteroatoms. The van der Waals surface area contributed by atoms with Gasteiger partial charge in [-0.05, 0) is 25.0 Å². The third-order valence-electron chi connectivity index (χ3n) is 2.88. The summed E-state index contributed by atoms with van der Waals surface area (Å²) in [4.78, 5) is 26.3. The summed E-state index contributed by atoms with van der Waals surface area (Å²) in [6, 6.07) is 3.06. The zero-order valence-corrected chi connectivity index (χ0v) is 9.70. The molecule has 1 amide bonds. The van der Waals surface area contributed by atoms with Crippen molar-refractivity contribution in [2.45, 2.75) is 12.8 Å². The highest BCUT2D eigenvalue weighted by Gasteiger charge is 2.50. The molecular weight excluding hydrogens is 244 g/mol. The van der Waals surface area contributed by atoms with E-state index in [1.165, 1.54) is 12.3 Å². The Morgan fingerprint density at radius 2 is 2.18 bits per heavy atom.